The molecule has 1 unspecified atom stereocenters. The van der Waals surface area contributed by atoms with Crippen LogP contribution in [-0.2, 0) is 0 Å². The highest BCUT2D eigenvalue weighted by atomic mass is 19.1. The molecule has 5 rings (SSSR count). The summed E-state index contributed by atoms with van der Waals surface area (Å²) < 4.78 is 15.8. The van der Waals surface area contributed by atoms with E-state index in [0.717, 1.165) is 53.9 Å². The van der Waals surface area contributed by atoms with Gasteiger partial charge in [-0.25, -0.2) is 9.37 Å². The van der Waals surface area contributed by atoms with Gasteiger partial charge in [-0.3, -0.25) is 9.67 Å². The Hall–Kier alpha value is -2.54. The molecule has 158 valence electrons. The third-order valence-electron chi connectivity index (χ3n) is 6.54. The summed E-state index contributed by atoms with van der Waals surface area (Å²) in [5.74, 6) is 0.824. The minimum Gasteiger partial charge on any atom is -0.354 e. The van der Waals surface area contributed by atoms with Crippen molar-refractivity contribution in [1.82, 2.24) is 24.6 Å². The number of halogens is 1. The zero-order valence-electron chi connectivity index (χ0n) is 17.7. The average Bonchev–Trinajstić information content (AvgIpc) is 3.42. The van der Waals surface area contributed by atoms with Gasteiger partial charge < -0.3 is 9.80 Å². The average molecular weight is 409 g/mol. The number of hydrogen-bond acceptors (Lipinski definition) is 5. The summed E-state index contributed by atoms with van der Waals surface area (Å²) in [6.07, 6.45) is 7.96. The topological polar surface area (TPSA) is 50.1 Å². The lowest BCUT2D eigenvalue weighted by Crippen LogP contribution is -2.39. The first-order valence-electron chi connectivity index (χ1n) is 11.0. The molecule has 2 aliphatic heterocycles. The summed E-state index contributed by atoms with van der Waals surface area (Å²) in [5, 5.41) is 4.69. The predicted octanol–water partition coefficient (Wildman–Crippen LogP) is 4.09. The Balaban J connectivity index is 1.42. The molecule has 3 aromatic rings. The first-order chi connectivity index (χ1) is 14.6. The van der Waals surface area contributed by atoms with Crippen molar-refractivity contribution in [3.8, 4) is 11.1 Å². The molecule has 0 bridgehead atoms. The van der Waals surface area contributed by atoms with Crippen LogP contribution < -0.4 is 4.90 Å². The van der Waals surface area contributed by atoms with Gasteiger partial charge >= 0.3 is 0 Å². The van der Waals surface area contributed by atoms with Crippen molar-refractivity contribution < 1.29 is 4.39 Å². The van der Waals surface area contributed by atoms with Gasteiger partial charge in [-0.1, -0.05) is 0 Å². The lowest BCUT2D eigenvalue weighted by atomic mass is 10.0. The Labute approximate surface area is 176 Å². The first kappa shape index (κ1) is 19.4. The summed E-state index contributed by atoms with van der Waals surface area (Å²) in [7, 11) is 0. The van der Waals surface area contributed by atoms with Crippen molar-refractivity contribution in [2.24, 2.45) is 0 Å². The van der Waals surface area contributed by atoms with E-state index in [1.54, 1.807) is 0 Å². The van der Waals surface area contributed by atoms with Crippen molar-refractivity contribution in [1.29, 1.82) is 0 Å². The van der Waals surface area contributed by atoms with E-state index in [0.29, 0.717) is 31.6 Å². The fourth-order valence-electron chi connectivity index (χ4n) is 4.69. The molecule has 0 spiro atoms. The molecule has 0 N–H and O–H groups in total. The number of pyridine rings is 2. The zero-order valence-corrected chi connectivity index (χ0v) is 17.7. The van der Waals surface area contributed by atoms with E-state index in [9.17, 15) is 4.39 Å². The van der Waals surface area contributed by atoms with Gasteiger partial charge in [0, 0.05) is 49.2 Å². The number of nitrogens with zero attached hydrogens (tertiary/aromatic N) is 6. The van der Waals surface area contributed by atoms with Crippen molar-refractivity contribution in [2.45, 2.75) is 51.4 Å². The smallest absolute Gasteiger partial charge is 0.129 e. The molecule has 0 saturated carbocycles. The number of likely N-dealkylation sites (tertiary alicyclic amines) is 1. The monoisotopic (exact) mass is 408 g/mol. The summed E-state index contributed by atoms with van der Waals surface area (Å²) >= 11 is 0. The molecular formula is C23H29FN6. The Morgan fingerprint density at radius 1 is 1.07 bits per heavy atom. The van der Waals surface area contributed by atoms with E-state index in [-0.39, 0.29) is 0 Å². The molecule has 2 fully saturated rings. The molecule has 2 saturated heterocycles. The SMILES string of the molecule is CC(C)N1CCC(n2cc(-c3ccnc4ccc(N5CCC(F)C5)nc34)cn2)CC1. The fourth-order valence-corrected chi connectivity index (χ4v) is 4.69. The summed E-state index contributed by atoms with van der Waals surface area (Å²) in [6, 6.07) is 6.98. The number of fused-ring (bicyclic) bond motifs is 1. The Bertz CT molecular complexity index is 1020. The molecule has 1 atom stereocenters. The maximum absolute atomic E-state index is 13.7. The lowest BCUT2D eigenvalue weighted by molar-refractivity contribution is 0.147. The quantitative estimate of drug-likeness (QED) is 0.651. The van der Waals surface area contributed by atoms with Crippen LogP contribution in [0.25, 0.3) is 22.2 Å². The second-order valence-corrected chi connectivity index (χ2v) is 8.80. The summed E-state index contributed by atoms with van der Waals surface area (Å²) in [5.41, 5.74) is 3.79. The molecule has 5 heterocycles. The molecular weight excluding hydrogens is 379 g/mol. The van der Waals surface area contributed by atoms with Crippen LogP contribution in [0.5, 0.6) is 0 Å². The minimum absolute atomic E-state index is 0.418. The van der Waals surface area contributed by atoms with Gasteiger partial charge in [0.1, 0.15) is 12.0 Å². The number of piperidine rings is 1. The number of rotatable bonds is 4. The van der Waals surface area contributed by atoms with Crippen LogP contribution in [0.15, 0.2) is 36.8 Å². The van der Waals surface area contributed by atoms with E-state index in [2.05, 4.69) is 34.6 Å². The molecule has 3 aromatic heterocycles. The van der Waals surface area contributed by atoms with Gasteiger partial charge in [0.15, 0.2) is 0 Å². The Morgan fingerprint density at radius 2 is 1.90 bits per heavy atom. The largest absolute Gasteiger partial charge is 0.354 e. The van der Waals surface area contributed by atoms with Crippen molar-refractivity contribution in [2.75, 3.05) is 31.1 Å². The zero-order chi connectivity index (χ0) is 20.7. The highest BCUT2D eigenvalue weighted by Gasteiger charge is 2.24. The van der Waals surface area contributed by atoms with Crippen molar-refractivity contribution in [3.05, 3.63) is 36.8 Å². The number of alkyl halides is 1. The third-order valence-corrected chi connectivity index (χ3v) is 6.54. The van der Waals surface area contributed by atoms with Gasteiger partial charge in [0.05, 0.1) is 29.8 Å². The van der Waals surface area contributed by atoms with Crippen LogP contribution in [0, 0.1) is 0 Å². The molecule has 6 nitrogen and oxygen atoms in total. The molecule has 30 heavy (non-hydrogen) atoms. The van der Waals surface area contributed by atoms with Crippen LogP contribution >= 0.6 is 0 Å². The molecule has 2 aliphatic rings. The van der Waals surface area contributed by atoms with E-state index >= 15 is 0 Å². The number of aromatic nitrogens is 4. The van der Waals surface area contributed by atoms with Crippen LogP contribution in [-0.4, -0.2) is 63.0 Å². The number of hydrogen-bond donors (Lipinski definition) is 0. The predicted molar refractivity (Wildman–Crippen MR) is 117 cm³/mol. The first-order valence-corrected chi connectivity index (χ1v) is 11.0. The second kappa shape index (κ2) is 7.95. The van der Waals surface area contributed by atoms with Crippen LogP contribution in [0.1, 0.15) is 39.2 Å². The summed E-state index contributed by atoms with van der Waals surface area (Å²) in [4.78, 5) is 13.9. The van der Waals surface area contributed by atoms with Crippen LogP contribution in [0.2, 0.25) is 0 Å². The normalized spacial score (nSPS) is 21.2. The van der Waals surface area contributed by atoms with Gasteiger partial charge in [-0.15, -0.1) is 0 Å². The van der Waals surface area contributed by atoms with E-state index in [4.69, 9.17) is 10.1 Å². The summed E-state index contributed by atoms with van der Waals surface area (Å²) in [6.45, 7) is 7.89. The fraction of sp³-hybridized carbons (Fsp3) is 0.522. The van der Waals surface area contributed by atoms with E-state index < -0.39 is 6.17 Å². The number of anilines is 1. The van der Waals surface area contributed by atoms with E-state index in [1.807, 2.05) is 35.5 Å². The van der Waals surface area contributed by atoms with Crippen LogP contribution in [0.4, 0.5) is 10.2 Å². The van der Waals surface area contributed by atoms with Gasteiger partial charge in [0.25, 0.3) is 0 Å². The standard InChI is InChI=1S/C23H29FN6/c1-16(2)28-11-7-19(8-12-28)30-14-17(13-26-30)20-5-9-25-21-3-4-22(27-23(20)21)29-10-6-18(24)15-29/h3-5,9,13-14,16,18-19H,6-8,10-12,15H2,1-2H3. The van der Waals surface area contributed by atoms with Crippen molar-refractivity contribution >= 4 is 16.9 Å². The highest BCUT2D eigenvalue weighted by Crippen LogP contribution is 2.31. The molecule has 7 heteroatoms. The molecule has 0 aliphatic carbocycles. The molecule has 0 radical (unpaired) electrons. The highest BCUT2D eigenvalue weighted by molar-refractivity contribution is 5.91. The van der Waals surface area contributed by atoms with Gasteiger partial charge in [0.2, 0.25) is 0 Å². The van der Waals surface area contributed by atoms with E-state index in [1.165, 1.54) is 0 Å². The minimum atomic E-state index is -0.767. The molecule has 0 amide bonds. The van der Waals surface area contributed by atoms with Crippen molar-refractivity contribution in [3.63, 3.8) is 0 Å². The lowest BCUT2D eigenvalue weighted by Gasteiger charge is -2.34. The maximum atomic E-state index is 13.7. The maximum Gasteiger partial charge on any atom is 0.129 e. The van der Waals surface area contributed by atoms with Gasteiger partial charge in [-0.05, 0) is 51.3 Å². The Kier molecular flexibility index (Phi) is 5.15. The van der Waals surface area contributed by atoms with Gasteiger partial charge in [-0.2, -0.15) is 5.10 Å². The van der Waals surface area contributed by atoms with Crippen LogP contribution in [0.3, 0.4) is 0 Å². The second-order valence-electron chi connectivity index (χ2n) is 8.80. The third kappa shape index (κ3) is 3.67. The Morgan fingerprint density at radius 3 is 2.63 bits per heavy atom. The molecule has 0 aromatic carbocycles.